The van der Waals surface area contributed by atoms with Crippen LogP contribution in [-0.4, -0.2) is 43.0 Å². The average Bonchev–Trinajstić information content (AvgIpc) is 3.24. The van der Waals surface area contributed by atoms with E-state index in [0.29, 0.717) is 15.9 Å². The van der Waals surface area contributed by atoms with Gasteiger partial charge in [0.1, 0.15) is 0 Å². The first-order valence-electron chi connectivity index (χ1n) is 13.4. The van der Waals surface area contributed by atoms with Gasteiger partial charge < -0.3 is 0 Å². The zero-order chi connectivity index (χ0) is 29.3. The molecule has 2 heterocycles. The van der Waals surface area contributed by atoms with Gasteiger partial charge in [-0.15, -0.1) is 0 Å². The van der Waals surface area contributed by atoms with Gasteiger partial charge in [-0.05, 0) is 0 Å². The van der Waals surface area contributed by atoms with Gasteiger partial charge in [0.25, 0.3) is 0 Å². The number of hydrogen-bond donors (Lipinski definition) is 0. The Hall–Kier alpha value is -3.80. The fraction of sp³-hybridized carbons (Fsp3) is 0.226. The van der Waals surface area contributed by atoms with Crippen molar-refractivity contribution in [1.29, 1.82) is 5.26 Å². The maximum atomic E-state index is 14.2. The van der Waals surface area contributed by atoms with Crippen molar-refractivity contribution < 1.29 is 21.5 Å². The molecular weight excluding hydrogens is 557 g/mol. The van der Waals surface area contributed by atoms with Crippen molar-refractivity contribution in [3.05, 3.63) is 115 Å². The minimum absolute atomic E-state index is 0.0427. The summed E-state index contributed by atoms with van der Waals surface area (Å²) < 4.78 is 40.6. The molecule has 3 aromatic carbocycles. The Labute approximate surface area is 241 Å². The van der Waals surface area contributed by atoms with Gasteiger partial charge in [-0.3, -0.25) is 0 Å². The van der Waals surface area contributed by atoms with E-state index in [1.165, 1.54) is 4.90 Å². The molecule has 1 fully saturated rings. The summed E-state index contributed by atoms with van der Waals surface area (Å²) in [5.74, 6) is 1.78. The fourth-order valence-corrected chi connectivity index (χ4v) is 13.3. The van der Waals surface area contributed by atoms with Gasteiger partial charge in [0.2, 0.25) is 0 Å². The van der Waals surface area contributed by atoms with E-state index in [0.717, 1.165) is 10.6 Å². The molecule has 0 N–H and O–H groups in total. The van der Waals surface area contributed by atoms with Crippen molar-refractivity contribution in [2.45, 2.75) is 32.9 Å². The topological polar surface area (TPSA) is 99.9 Å². The molecule has 0 saturated carbocycles. The number of hydroxylamine groups is 2. The predicted molar refractivity (Wildman–Crippen MR) is 161 cm³/mol. The van der Waals surface area contributed by atoms with Crippen LogP contribution >= 0.6 is 6.83 Å². The molecule has 2 bridgehead atoms. The first-order chi connectivity index (χ1) is 19.7. The Balaban J connectivity index is 1.71. The Morgan fingerprint density at radius 2 is 1.41 bits per heavy atom. The third-order valence-electron chi connectivity index (χ3n) is 7.61. The molecule has 2 aliphatic rings. The van der Waals surface area contributed by atoms with E-state index in [2.05, 4.69) is 6.07 Å². The molecule has 0 unspecified atom stereocenters. The molecule has 2 amide bonds. The molecule has 0 radical (unpaired) electrons. The molecule has 212 valence electrons. The molecular formula is C31H32N3O5PS. The SMILES string of the molecule is C/C=C/P(OS(=O)(=O)ON1C(=O)N2C[C@@H]1C(C(C)C)=C[C@@H]2C#N)(c1ccccc1)(c1ccccc1)c1ccccc1. The average molecular weight is 590 g/mol. The number of allylic oxidation sites excluding steroid dienone is 1. The first kappa shape index (κ1) is 28.7. The number of carbonyl (C=O) groups is 1. The maximum absolute atomic E-state index is 14.2. The molecule has 0 spiro atoms. The molecule has 2 atom stereocenters. The van der Waals surface area contributed by atoms with E-state index in [4.69, 9.17) is 8.25 Å². The van der Waals surface area contributed by atoms with E-state index >= 15 is 0 Å². The van der Waals surface area contributed by atoms with Gasteiger partial charge >= 0.3 is 242 Å². The molecule has 1 saturated heterocycles. The Morgan fingerprint density at radius 3 is 1.83 bits per heavy atom. The molecule has 0 aromatic heterocycles. The van der Waals surface area contributed by atoms with Crippen molar-refractivity contribution in [3.63, 3.8) is 0 Å². The van der Waals surface area contributed by atoms with Gasteiger partial charge in [-0.25, -0.2) is 0 Å². The zero-order valence-corrected chi connectivity index (χ0v) is 24.8. The minimum atomic E-state index is -4.92. The number of hydrogen-bond acceptors (Lipinski definition) is 6. The van der Waals surface area contributed by atoms with Crippen LogP contribution in [0.1, 0.15) is 20.8 Å². The van der Waals surface area contributed by atoms with Crippen LogP contribution in [0, 0.1) is 17.2 Å². The number of urea groups is 1. The molecule has 0 aliphatic carbocycles. The van der Waals surface area contributed by atoms with E-state index < -0.39 is 35.3 Å². The van der Waals surface area contributed by atoms with Crippen LogP contribution in [0.4, 0.5) is 4.79 Å². The molecule has 10 heteroatoms. The number of rotatable bonds is 9. The van der Waals surface area contributed by atoms with Crippen LogP contribution in [-0.2, 0) is 18.7 Å². The second-order valence-corrected chi connectivity index (χ2v) is 15.9. The first-order valence-corrected chi connectivity index (χ1v) is 16.9. The Bertz CT molecular complexity index is 1540. The van der Waals surface area contributed by atoms with Crippen molar-refractivity contribution >= 4 is 39.2 Å². The summed E-state index contributed by atoms with van der Waals surface area (Å²) in [7, 11) is -4.92. The number of fused-ring (bicyclic) bond motifs is 2. The molecule has 8 nitrogen and oxygen atoms in total. The Kier molecular flexibility index (Phi) is 7.62. The fourth-order valence-electron chi connectivity index (χ4n) is 5.84. The van der Waals surface area contributed by atoms with Gasteiger partial charge in [0.05, 0.1) is 0 Å². The van der Waals surface area contributed by atoms with Crippen molar-refractivity contribution in [1.82, 2.24) is 9.96 Å². The molecule has 3 aromatic rings. The summed E-state index contributed by atoms with van der Waals surface area (Å²) in [6, 6.07) is 27.6. The van der Waals surface area contributed by atoms with E-state index in [9.17, 15) is 18.5 Å². The standard InChI is InChI=1S/C31H32N3O5PS/c1-4-20-40(26-14-8-5-9-15-26,27-16-10-6-11-17-27,28-18-12-7-13-19-28)39-41(36,37)38-34-30-23-33(31(34)35)25(22-32)21-29(30)24(2)3/h4-21,24-25,30H,23H2,1-3H3/b20-4+/t25-,30-/m1/s1. The summed E-state index contributed by atoms with van der Waals surface area (Å²) in [4.78, 5) is 14.7. The van der Waals surface area contributed by atoms with Crippen LogP contribution in [0.25, 0.3) is 0 Å². The van der Waals surface area contributed by atoms with Crippen LogP contribution in [0.5, 0.6) is 0 Å². The van der Waals surface area contributed by atoms with E-state index in [-0.39, 0.29) is 12.5 Å². The van der Waals surface area contributed by atoms with Gasteiger partial charge in [-0.1, -0.05) is 0 Å². The van der Waals surface area contributed by atoms with Crippen LogP contribution in [0.3, 0.4) is 0 Å². The third kappa shape index (κ3) is 4.67. The predicted octanol–water partition coefficient (Wildman–Crippen LogP) is 4.75. The Morgan fingerprint density at radius 1 is 0.927 bits per heavy atom. The second-order valence-electron chi connectivity index (χ2n) is 10.3. The van der Waals surface area contributed by atoms with Crippen LogP contribution < -0.4 is 15.9 Å². The second kappa shape index (κ2) is 10.9. The normalized spacial score (nSPS) is 20.1. The van der Waals surface area contributed by atoms with Crippen LogP contribution in [0.15, 0.2) is 115 Å². The summed E-state index contributed by atoms with van der Waals surface area (Å²) in [5.41, 5.74) is 0.758. The number of nitrogens with zero attached hydrogens (tertiary/aromatic N) is 3. The number of amides is 2. The van der Waals surface area contributed by atoms with Crippen molar-refractivity contribution in [3.8, 4) is 6.07 Å². The zero-order valence-electron chi connectivity index (χ0n) is 23.1. The summed E-state index contributed by atoms with van der Waals surface area (Å²) >= 11 is 0. The number of benzene rings is 3. The molecule has 5 rings (SSSR count). The third-order valence-corrected chi connectivity index (χ3v) is 14.8. The van der Waals surface area contributed by atoms with Crippen molar-refractivity contribution in [2.24, 2.45) is 5.92 Å². The molecule has 2 aliphatic heterocycles. The van der Waals surface area contributed by atoms with Crippen LogP contribution in [0.2, 0.25) is 0 Å². The molecule has 41 heavy (non-hydrogen) atoms. The van der Waals surface area contributed by atoms with Gasteiger partial charge in [0.15, 0.2) is 0 Å². The number of nitriles is 1. The van der Waals surface area contributed by atoms with Gasteiger partial charge in [0, 0.05) is 0 Å². The number of carbonyl (C=O) groups excluding carboxylic acids is 1. The van der Waals surface area contributed by atoms with Crippen molar-refractivity contribution in [2.75, 3.05) is 6.54 Å². The monoisotopic (exact) mass is 589 g/mol. The van der Waals surface area contributed by atoms with E-state index in [1.807, 2.05) is 118 Å². The summed E-state index contributed by atoms with van der Waals surface area (Å²) in [6.07, 6.45) is 3.50. The van der Waals surface area contributed by atoms with Gasteiger partial charge in [-0.2, -0.15) is 0 Å². The summed E-state index contributed by atoms with van der Waals surface area (Å²) in [5, 5.41) is 12.5. The summed E-state index contributed by atoms with van der Waals surface area (Å²) in [6.45, 7) is 1.38. The van der Waals surface area contributed by atoms with E-state index in [1.54, 1.807) is 12.2 Å². The quantitative estimate of drug-likeness (QED) is 0.264.